The Morgan fingerprint density at radius 3 is 2.50 bits per heavy atom. The van der Waals surface area contributed by atoms with Crippen LogP contribution in [0.25, 0.3) is 0 Å². The fourth-order valence-corrected chi connectivity index (χ4v) is 4.65. The third-order valence-electron chi connectivity index (χ3n) is 2.72. The molecule has 3 atom stereocenters. The van der Waals surface area contributed by atoms with Gasteiger partial charge in [0.1, 0.15) is 3.96 Å². The van der Waals surface area contributed by atoms with Crippen LogP contribution >= 0.6 is 23.2 Å². The fourth-order valence-electron chi connectivity index (χ4n) is 2.27. The van der Waals surface area contributed by atoms with Crippen molar-refractivity contribution in [2.45, 2.75) is 29.3 Å². The summed E-state index contributed by atoms with van der Waals surface area (Å²) in [6, 6.07) is 0. The molecular formula is C9H12Cl2Si. The number of allylic oxidation sites excluding steroid dienone is 2. The zero-order valence-corrected chi connectivity index (χ0v) is 9.57. The molecule has 66 valence electrons. The molecule has 0 aromatic heterocycles. The SMILES string of the molecule is CC(Cl)(Cl)[Si]C1CC2C=CC1C2. The Kier molecular flexibility index (Phi) is 2.30. The van der Waals surface area contributed by atoms with Crippen molar-refractivity contribution < 1.29 is 0 Å². The molecule has 0 nitrogen and oxygen atoms in total. The van der Waals surface area contributed by atoms with Crippen molar-refractivity contribution in [3.8, 4) is 0 Å². The molecule has 0 aliphatic heterocycles. The van der Waals surface area contributed by atoms with Crippen molar-refractivity contribution >= 4 is 32.7 Å². The van der Waals surface area contributed by atoms with Gasteiger partial charge < -0.3 is 0 Å². The summed E-state index contributed by atoms with van der Waals surface area (Å²) >= 11 is 12.0. The lowest BCUT2D eigenvalue weighted by Crippen LogP contribution is -2.24. The molecule has 0 aromatic rings. The van der Waals surface area contributed by atoms with Gasteiger partial charge in [-0.05, 0) is 37.1 Å². The third kappa shape index (κ3) is 1.89. The standard InChI is InChI=1S/C9H12Cl2Si/c1-9(10,11)12-8-5-6-2-3-7(8)4-6/h2-3,6-8H,4-5H2,1H3. The second-order valence-corrected chi connectivity index (χ2v) is 8.29. The number of hydrogen-bond acceptors (Lipinski definition) is 0. The monoisotopic (exact) mass is 218 g/mol. The maximum absolute atomic E-state index is 6.00. The maximum atomic E-state index is 6.00. The molecule has 12 heavy (non-hydrogen) atoms. The van der Waals surface area contributed by atoms with Gasteiger partial charge in [-0.1, -0.05) is 12.2 Å². The predicted molar refractivity (Wildman–Crippen MR) is 55.0 cm³/mol. The van der Waals surface area contributed by atoms with Gasteiger partial charge in [0.15, 0.2) is 0 Å². The van der Waals surface area contributed by atoms with Crippen LogP contribution in [0.4, 0.5) is 0 Å². The molecule has 0 aromatic carbocycles. The van der Waals surface area contributed by atoms with Crippen molar-refractivity contribution in [3.63, 3.8) is 0 Å². The third-order valence-corrected chi connectivity index (χ3v) is 4.91. The Morgan fingerprint density at radius 2 is 2.08 bits per heavy atom. The Balaban J connectivity index is 1.96. The molecule has 0 amide bonds. The summed E-state index contributed by atoms with van der Waals surface area (Å²) in [4.78, 5) is 0. The molecule has 0 N–H and O–H groups in total. The molecule has 2 aliphatic rings. The number of hydrogen-bond donors (Lipinski definition) is 0. The van der Waals surface area contributed by atoms with Crippen LogP contribution in [-0.4, -0.2) is 13.5 Å². The van der Waals surface area contributed by atoms with Gasteiger partial charge in [-0.15, -0.1) is 23.2 Å². The normalized spacial score (nSPS) is 39.4. The molecular weight excluding hydrogens is 207 g/mol. The van der Waals surface area contributed by atoms with E-state index in [1.54, 1.807) is 0 Å². The quantitative estimate of drug-likeness (QED) is 0.380. The zero-order chi connectivity index (χ0) is 8.77. The molecule has 2 aliphatic carbocycles. The highest BCUT2D eigenvalue weighted by Gasteiger charge is 2.39. The number of rotatable bonds is 2. The van der Waals surface area contributed by atoms with Crippen molar-refractivity contribution in [1.82, 2.24) is 0 Å². The highest BCUT2D eigenvalue weighted by Crippen LogP contribution is 2.48. The van der Waals surface area contributed by atoms with Crippen LogP contribution in [0.1, 0.15) is 19.8 Å². The van der Waals surface area contributed by atoms with Crippen LogP contribution in [-0.2, 0) is 0 Å². The molecule has 3 heteroatoms. The van der Waals surface area contributed by atoms with Gasteiger partial charge in [0.2, 0.25) is 0 Å². The Hall–Kier alpha value is 0.537. The summed E-state index contributed by atoms with van der Waals surface area (Å²) in [5.41, 5.74) is 0.764. The highest BCUT2D eigenvalue weighted by atomic mass is 35.5. The van der Waals surface area contributed by atoms with Gasteiger partial charge in [0, 0.05) is 0 Å². The lowest BCUT2D eigenvalue weighted by Gasteiger charge is -2.22. The minimum Gasteiger partial charge on any atom is -0.107 e. The van der Waals surface area contributed by atoms with Crippen molar-refractivity contribution in [2.24, 2.45) is 11.8 Å². The second kappa shape index (κ2) is 3.04. The van der Waals surface area contributed by atoms with E-state index < -0.39 is 3.96 Å². The number of fused-ring (bicyclic) bond motifs is 2. The summed E-state index contributed by atoms with van der Waals surface area (Å²) in [6.07, 6.45) is 7.37. The van der Waals surface area contributed by atoms with E-state index in [4.69, 9.17) is 23.2 Å². The molecule has 2 bridgehead atoms. The molecule has 3 unspecified atom stereocenters. The summed E-state index contributed by atoms with van der Waals surface area (Å²) in [5, 5.41) is 0. The van der Waals surface area contributed by atoms with Gasteiger partial charge in [-0.2, -0.15) is 0 Å². The van der Waals surface area contributed by atoms with Gasteiger partial charge >= 0.3 is 0 Å². The largest absolute Gasteiger partial charge is 0.107 e. The molecule has 0 heterocycles. The summed E-state index contributed by atoms with van der Waals surface area (Å²) in [7, 11) is 0.692. The molecule has 0 spiro atoms. The topological polar surface area (TPSA) is 0 Å². The van der Waals surface area contributed by atoms with Gasteiger partial charge in [0.25, 0.3) is 0 Å². The Bertz CT molecular complexity index is 207. The van der Waals surface area contributed by atoms with Crippen LogP contribution in [0.3, 0.4) is 0 Å². The van der Waals surface area contributed by atoms with Crippen LogP contribution in [0.5, 0.6) is 0 Å². The van der Waals surface area contributed by atoms with Crippen LogP contribution < -0.4 is 0 Å². The second-order valence-electron chi connectivity index (χ2n) is 3.92. The van der Waals surface area contributed by atoms with E-state index in [9.17, 15) is 0 Å². The van der Waals surface area contributed by atoms with E-state index in [-0.39, 0.29) is 0 Å². The Morgan fingerprint density at radius 1 is 1.33 bits per heavy atom. The first-order valence-corrected chi connectivity index (χ1v) is 6.22. The van der Waals surface area contributed by atoms with Gasteiger partial charge in [-0.3, -0.25) is 0 Å². The lowest BCUT2D eigenvalue weighted by atomic mass is 10.1. The van der Waals surface area contributed by atoms with E-state index in [1.165, 1.54) is 12.8 Å². The van der Waals surface area contributed by atoms with Crippen molar-refractivity contribution in [1.29, 1.82) is 0 Å². The van der Waals surface area contributed by atoms with Crippen molar-refractivity contribution in [3.05, 3.63) is 12.2 Å². The zero-order valence-electron chi connectivity index (χ0n) is 7.06. The molecule has 2 radical (unpaired) electrons. The van der Waals surface area contributed by atoms with Gasteiger partial charge in [-0.25, -0.2) is 0 Å². The van der Waals surface area contributed by atoms with E-state index >= 15 is 0 Å². The molecule has 1 saturated carbocycles. The van der Waals surface area contributed by atoms with E-state index in [0.717, 1.165) is 17.4 Å². The lowest BCUT2D eigenvalue weighted by molar-refractivity contribution is 0.685. The van der Waals surface area contributed by atoms with Crippen LogP contribution in [0, 0.1) is 11.8 Å². The first-order valence-electron chi connectivity index (χ1n) is 4.38. The summed E-state index contributed by atoms with van der Waals surface area (Å²) < 4.78 is -0.497. The van der Waals surface area contributed by atoms with E-state index in [2.05, 4.69) is 12.2 Å². The number of alkyl halides is 2. The smallest absolute Gasteiger partial charge is 0.100 e. The van der Waals surface area contributed by atoms with Crippen LogP contribution in [0.15, 0.2) is 12.2 Å². The van der Waals surface area contributed by atoms with E-state index in [0.29, 0.717) is 9.52 Å². The maximum Gasteiger partial charge on any atom is 0.100 e. The minimum atomic E-state index is -0.497. The Labute approximate surface area is 86.1 Å². The molecule has 0 saturated heterocycles. The molecule has 2 rings (SSSR count). The summed E-state index contributed by atoms with van der Waals surface area (Å²) in [6.45, 7) is 1.91. The predicted octanol–water partition coefficient (Wildman–Crippen LogP) is 3.23. The van der Waals surface area contributed by atoms with E-state index in [1.807, 2.05) is 6.92 Å². The van der Waals surface area contributed by atoms with Crippen molar-refractivity contribution in [2.75, 3.05) is 0 Å². The average Bonchev–Trinajstić information content (AvgIpc) is 2.42. The first kappa shape index (κ1) is 9.11. The first-order chi connectivity index (χ1) is 5.54. The number of halogens is 2. The highest BCUT2D eigenvalue weighted by molar-refractivity contribution is 6.73. The van der Waals surface area contributed by atoms with Gasteiger partial charge in [0.05, 0.1) is 9.52 Å². The minimum absolute atomic E-state index is 0.497. The average molecular weight is 219 g/mol. The fraction of sp³-hybridized carbons (Fsp3) is 0.778. The van der Waals surface area contributed by atoms with Crippen LogP contribution in [0.2, 0.25) is 5.54 Å². The summed E-state index contributed by atoms with van der Waals surface area (Å²) in [5.74, 6) is 1.62. The molecule has 1 fully saturated rings.